The molecular formula is C14H18BrN3. The minimum Gasteiger partial charge on any atom is -0.320 e. The molecular weight excluding hydrogens is 290 g/mol. The molecule has 0 fully saturated rings. The first-order valence-electron chi connectivity index (χ1n) is 6.14. The molecule has 0 aliphatic carbocycles. The highest BCUT2D eigenvalue weighted by atomic mass is 79.9. The summed E-state index contributed by atoms with van der Waals surface area (Å²) in [5.41, 5.74) is 3.62. The van der Waals surface area contributed by atoms with Crippen LogP contribution in [-0.2, 0) is 13.5 Å². The van der Waals surface area contributed by atoms with E-state index in [1.807, 2.05) is 24.8 Å². The molecule has 96 valence electrons. The third-order valence-electron chi connectivity index (χ3n) is 2.88. The van der Waals surface area contributed by atoms with Gasteiger partial charge >= 0.3 is 0 Å². The first-order chi connectivity index (χ1) is 8.70. The van der Waals surface area contributed by atoms with Gasteiger partial charge in [-0.15, -0.1) is 0 Å². The Morgan fingerprint density at radius 2 is 2.22 bits per heavy atom. The van der Waals surface area contributed by atoms with Crippen molar-refractivity contribution < 1.29 is 0 Å². The van der Waals surface area contributed by atoms with E-state index in [1.165, 1.54) is 16.8 Å². The van der Waals surface area contributed by atoms with Gasteiger partial charge in [-0.05, 0) is 44.1 Å². The van der Waals surface area contributed by atoms with E-state index in [9.17, 15) is 0 Å². The Labute approximate surface area is 116 Å². The molecule has 0 unspecified atom stereocenters. The molecule has 3 nitrogen and oxygen atoms in total. The normalized spacial score (nSPS) is 10.8. The molecule has 2 aromatic rings. The number of aryl methyl sites for hydroxylation is 2. The first-order valence-corrected chi connectivity index (χ1v) is 6.93. The maximum absolute atomic E-state index is 4.56. The zero-order valence-corrected chi connectivity index (χ0v) is 12.4. The lowest BCUT2D eigenvalue weighted by Crippen LogP contribution is -2.08. The summed E-state index contributed by atoms with van der Waals surface area (Å²) >= 11 is 3.52. The van der Waals surface area contributed by atoms with Gasteiger partial charge in [0.1, 0.15) is 0 Å². The second-order valence-corrected chi connectivity index (χ2v) is 5.30. The number of benzene rings is 1. The number of hydrogen-bond acceptors (Lipinski definition) is 2. The fourth-order valence-electron chi connectivity index (χ4n) is 2.05. The molecule has 0 amide bonds. The van der Waals surface area contributed by atoms with Crippen molar-refractivity contribution in [2.75, 3.05) is 13.6 Å². The minimum atomic E-state index is 1.00. The molecule has 0 aliphatic rings. The Morgan fingerprint density at radius 1 is 1.39 bits per heavy atom. The summed E-state index contributed by atoms with van der Waals surface area (Å²) in [6.45, 7) is 1.02. The lowest BCUT2D eigenvalue weighted by atomic mass is 10.0. The van der Waals surface area contributed by atoms with E-state index in [0.29, 0.717) is 0 Å². The number of halogens is 1. The molecule has 4 heteroatoms. The third-order valence-corrected chi connectivity index (χ3v) is 3.37. The number of aromatic nitrogens is 2. The van der Waals surface area contributed by atoms with Crippen LogP contribution in [0.2, 0.25) is 0 Å². The van der Waals surface area contributed by atoms with Crippen LogP contribution < -0.4 is 5.32 Å². The summed E-state index contributed by atoms with van der Waals surface area (Å²) in [4.78, 5) is 0. The predicted molar refractivity (Wildman–Crippen MR) is 78.6 cm³/mol. The van der Waals surface area contributed by atoms with Crippen molar-refractivity contribution in [3.8, 4) is 11.1 Å². The zero-order chi connectivity index (χ0) is 13.0. The van der Waals surface area contributed by atoms with Crippen LogP contribution in [0.4, 0.5) is 0 Å². The van der Waals surface area contributed by atoms with Crippen molar-refractivity contribution in [3.05, 3.63) is 40.6 Å². The van der Waals surface area contributed by atoms with Crippen LogP contribution in [0.5, 0.6) is 0 Å². The summed E-state index contributed by atoms with van der Waals surface area (Å²) in [5.74, 6) is 0. The summed E-state index contributed by atoms with van der Waals surface area (Å²) in [5, 5.41) is 7.73. The van der Waals surface area contributed by atoms with Crippen LogP contribution in [-0.4, -0.2) is 23.4 Å². The molecule has 2 rings (SSSR count). The van der Waals surface area contributed by atoms with Gasteiger partial charge in [-0.3, -0.25) is 4.68 Å². The molecule has 0 radical (unpaired) electrons. The van der Waals surface area contributed by atoms with Gasteiger partial charge in [0, 0.05) is 23.3 Å². The van der Waals surface area contributed by atoms with E-state index >= 15 is 0 Å². The number of hydrogen-bond donors (Lipinski definition) is 1. The Bertz CT molecular complexity index is 520. The Morgan fingerprint density at radius 3 is 2.94 bits per heavy atom. The highest BCUT2D eigenvalue weighted by Crippen LogP contribution is 2.26. The van der Waals surface area contributed by atoms with Gasteiger partial charge < -0.3 is 5.32 Å². The Kier molecular flexibility index (Phi) is 4.55. The first kappa shape index (κ1) is 13.3. The number of rotatable bonds is 5. The van der Waals surface area contributed by atoms with Crippen molar-refractivity contribution in [3.63, 3.8) is 0 Å². The van der Waals surface area contributed by atoms with Gasteiger partial charge in [0.25, 0.3) is 0 Å². The van der Waals surface area contributed by atoms with Gasteiger partial charge in [-0.2, -0.15) is 5.10 Å². The second-order valence-electron chi connectivity index (χ2n) is 4.38. The fourth-order valence-corrected chi connectivity index (χ4v) is 2.45. The van der Waals surface area contributed by atoms with Gasteiger partial charge in [0.05, 0.1) is 5.69 Å². The van der Waals surface area contributed by atoms with Crippen LogP contribution in [0.1, 0.15) is 12.1 Å². The molecule has 1 N–H and O–H groups in total. The highest BCUT2D eigenvalue weighted by molar-refractivity contribution is 9.10. The number of nitrogens with one attached hydrogen (secondary N) is 1. The highest BCUT2D eigenvalue weighted by Gasteiger charge is 2.09. The van der Waals surface area contributed by atoms with E-state index in [-0.39, 0.29) is 0 Å². The van der Waals surface area contributed by atoms with Crippen LogP contribution in [0.25, 0.3) is 11.1 Å². The lowest BCUT2D eigenvalue weighted by molar-refractivity contribution is 0.689. The average Bonchev–Trinajstić information content (AvgIpc) is 2.71. The molecule has 0 saturated carbocycles. The largest absolute Gasteiger partial charge is 0.320 e. The summed E-state index contributed by atoms with van der Waals surface area (Å²) < 4.78 is 3.00. The molecule has 1 heterocycles. The van der Waals surface area contributed by atoms with Crippen LogP contribution in [0.3, 0.4) is 0 Å². The minimum absolute atomic E-state index is 1.00. The lowest BCUT2D eigenvalue weighted by Gasteiger charge is -2.03. The molecule has 1 aromatic heterocycles. The molecule has 0 atom stereocenters. The molecule has 18 heavy (non-hydrogen) atoms. The SMILES string of the molecule is CNCCCc1nn(C)cc1-c1cccc(Br)c1. The van der Waals surface area contributed by atoms with E-state index in [4.69, 9.17) is 0 Å². The van der Waals surface area contributed by atoms with E-state index in [1.54, 1.807) is 0 Å². The van der Waals surface area contributed by atoms with Gasteiger partial charge in [0.2, 0.25) is 0 Å². The molecule has 0 bridgehead atoms. The van der Waals surface area contributed by atoms with Crippen molar-refractivity contribution >= 4 is 15.9 Å². The third kappa shape index (κ3) is 3.21. The van der Waals surface area contributed by atoms with Crippen molar-refractivity contribution in [2.45, 2.75) is 12.8 Å². The summed E-state index contributed by atoms with van der Waals surface area (Å²) in [6.07, 6.45) is 4.20. The average molecular weight is 308 g/mol. The van der Waals surface area contributed by atoms with E-state index in [0.717, 1.165) is 23.9 Å². The van der Waals surface area contributed by atoms with Crippen molar-refractivity contribution in [1.29, 1.82) is 0 Å². The second kappa shape index (κ2) is 6.16. The quantitative estimate of drug-likeness (QED) is 0.861. The Hall–Kier alpha value is -1.13. The monoisotopic (exact) mass is 307 g/mol. The van der Waals surface area contributed by atoms with Gasteiger partial charge in [-0.1, -0.05) is 28.1 Å². The van der Waals surface area contributed by atoms with Crippen LogP contribution in [0, 0.1) is 0 Å². The smallest absolute Gasteiger partial charge is 0.0703 e. The molecule has 0 spiro atoms. The van der Waals surface area contributed by atoms with Gasteiger partial charge in [-0.25, -0.2) is 0 Å². The Balaban J connectivity index is 2.26. The standard InChI is InChI=1S/C14H18BrN3/c1-16-8-4-7-14-13(10-18(2)17-14)11-5-3-6-12(15)9-11/h3,5-6,9-10,16H,4,7-8H2,1-2H3. The maximum atomic E-state index is 4.56. The fraction of sp³-hybridized carbons (Fsp3) is 0.357. The summed E-state index contributed by atoms with van der Waals surface area (Å²) in [7, 11) is 3.96. The topological polar surface area (TPSA) is 29.9 Å². The molecule has 1 aromatic carbocycles. The maximum Gasteiger partial charge on any atom is 0.0703 e. The van der Waals surface area contributed by atoms with E-state index < -0.39 is 0 Å². The summed E-state index contributed by atoms with van der Waals surface area (Å²) in [6, 6.07) is 8.37. The predicted octanol–water partition coefficient (Wildman–Crippen LogP) is 3.00. The molecule has 0 aliphatic heterocycles. The number of nitrogens with zero attached hydrogens (tertiary/aromatic N) is 2. The van der Waals surface area contributed by atoms with Crippen LogP contribution in [0.15, 0.2) is 34.9 Å². The zero-order valence-electron chi connectivity index (χ0n) is 10.8. The van der Waals surface area contributed by atoms with Gasteiger partial charge in [0.15, 0.2) is 0 Å². The molecule has 0 saturated heterocycles. The van der Waals surface area contributed by atoms with Crippen LogP contribution >= 0.6 is 15.9 Å². The van der Waals surface area contributed by atoms with Crippen molar-refractivity contribution in [1.82, 2.24) is 15.1 Å². The van der Waals surface area contributed by atoms with E-state index in [2.05, 4.69) is 50.7 Å². The van der Waals surface area contributed by atoms with Crippen molar-refractivity contribution in [2.24, 2.45) is 7.05 Å².